The number of hydrogen-bond acceptors (Lipinski definition) is 2. The lowest BCUT2D eigenvalue weighted by molar-refractivity contribution is -0.119. The summed E-state index contributed by atoms with van der Waals surface area (Å²) in [5.74, 6) is -0.458. The number of aliphatic imine (C=N–C) groups is 1. The Balaban J connectivity index is 1.91. The van der Waals surface area contributed by atoms with E-state index in [0.717, 1.165) is 17.0 Å². The molecule has 4 nitrogen and oxygen atoms in total. The van der Waals surface area contributed by atoms with Crippen molar-refractivity contribution in [3.8, 4) is 0 Å². The van der Waals surface area contributed by atoms with Crippen LogP contribution in [0, 0.1) is 0 Å². The van der Waals surface area contributed by atoms with Gasteiger partial charge in [0.2, 0.25) is 0 Å². The first-order valence-electron chi connectivity index (χ1n) is 7.18. The highest BCUT2D eigenvalue weighted by Gasteiger charge is 2.38. The maximum Gasteiger partial charge on any atom is 0.289 e. The Kier molecular flexibility index (Phi) is 4.03. The Bertz CT molecular complexity index is 759. The van der Waals surface area contributed by atoms with Crippen LogP contribution in [0.1, 0.15) is 24.3 Å². The van der Waals surface area contributed by atoms with Crippen molar-refractivity contribution >= 4 is 22.9 Å². The first kappa shape index (κ1) is 14.1. The van der Waals surface area contributed by atoms with Crippen molar-refractivity contribution in [1.82, 2.24) is 0 Å². The number of benzene rings is 2. The van der Waals surface area contributed by atoms with Crippen molar-refractivity contribution in [3.63, 3.8) is 0 Å². The van der Waals surface area contributed by atoms with Crippen LogP contribution in [-0.4, -0.2) is 22.0 Å². The molecule has 1 saturated carbocycles. The van der Waals surface area contributed by atoms with Crippen molar-refractivity contribution in [3.05, 3.63) is 71.8 Å². The molecule has 108 valence electrons. The van der Waals surface area contributed by atoms with E-state index in [1.165, 1.54) is 0 Å². The van der Waals surface area contributed by atoms with Gasteiger partial charge in [-0.3, -0.25) is 9.79 Å². The van der Waals surface area contributed by atoms with Gasteiger partial charge in [0, 0.05) is 12.1 Å². The number of ketones is 1. The second kappa shape index (κ2) is 6.29. The number of Topliss-reactive ketones (excluding diaryl/α,β-unsaturated/α-hetero) is 1. The van der Waals surface area contributed by atoms with Gasteiger partial charge in [0.25, 0.3) is 5.71 Å². The number of carbonyl (C=O) groups is 1. The van der Waals surface area contributed by atoms with Gasteiger partial charge in [0.15, 0.2) is 5.78 Å². The van der Waals surface area contributed by atoms with Crippen LogP contribution in [0.5, 0.6) is 0 Å². The average Bonchev–Trinajstić information content (AvgIpc) is 2.56. The lowest BCUT2D eigenvalue weighted by atomic mass is 9.80. The maximum absolute atomic E-state index is 12.5. The van der Waals surface area contributed by atoms with E-state index in [1.54, 1.807) is 0 Å². The van der Waals surface area contributed by atoms with Crippen molar-refractivity contribution in [2.45, 2.75) is 18.8 Å². The van der Waals surface area contributed by atoms with Crippen molar-refractivity contribution in [1.29, 1.82) is 0 Å². The minimum absolute atomic E-state index is 0.0138. The number of carbonyl (C=O) groups excluding carboxylic acids is 1. The molecule has 3 rings (SSSR count). The van der Waals surface area contributed by atoms with Crippen molar-refractivity contribution in [2.75, 3.05) is 0 Å². The maximum atomic E-state index is 12.5. The molecule has 0 spiro atoms. The zero-order valence-electron chi connectivity index (χ0n) is 12.0. The average molecular weight is 289 g/mol. The predicted molar refractivity (Wildman–Crippen MR) is 85.6 cm³/mol. The van der Waals surface area contributed by atoms with Crippen LogP contribution in [0.4, 0.5) is 5.69 Å². The summed E-state index contributed by atoms with van der Waals surface area (Å²) in [7, 11) is 0. The van der Waals surface area contributed by atoms with Gasteiger partial charge in [-0.05, 0) is 17.7 Å². The summed E-state index contributed by atoms with van der Waals surface area (Å²) in [5.41, 5.74) is 12.2. The number of nitrogens with zero attached hydrogens (tertiary/aromatic N) is 3. The van der Waals surface area contributed by atoms with Crippen LogP contribution in [-0.2, 0) is 4.79 Å². The lowest BCUT2D eigenvalue weighted by Crippen LogP contribution is -2.32. The minimum Gasteiger partial charge on any atom is -0.362 e. The lowest BCUT2D eigenvalue weighted by Gasteiger charge is -2.18. The molecular formula is C18H15N3O. The quantitative estimate of drug-likeness (QED) is 0.615. The van der Waals surface area contributed by atoms with Gasteiger partial charge >= 0.3 is 0 Å². The van der Waals surface area contributed by atoms with E-state index < -0.39 is 5.92 Å². The molecule has 0 heterocycles. The van der Waals surface area contributed by atoms with Gasteiger partial charge in [-0.2, -0.15) is 4.79 Å². The summed E-state index contributed by atoms with van der Waals surface area (Å²) in [4.78, 5) is 20.4. The van der Waals surface area contributed by atoms with E-state index in [2.05, 4.69) is 9.78 Å². The number of hydrogen-bond donors (Lipinski definition) is 0. The third kappa shape index (κ3) is 2.92. The van der Waals surface area contributed by atoms with Gasteiger partial charge in [0.1, 0.15) is 5.92 Å². The standard InChI is InChI=1S/C18H15N3O/c19-21-16-11-15(20-14-9-5-2-6-10-14)12-17(22)18(16)13-7-3-1-4-8-13/h1-10,18H,11-12H2. The van der Waals surface area contributed by atoms with Crippen molar-refractivity contribution in [2.24, 2.45) is 4.99 Å². The molecule has 0 amide bonds. The number of para-hydroxylation sites is 1. The van der Waals surface area contributed by atoms with E-state index >= 15 is 0 Å². The molecule has 0 aromatic heterocycles. The summed E-state index contributed by atoms with van der Waals surface area (Å²) < 4.78 is 0. The fourth-order valence-corrected chi connectivity index (χ4v) is 2.74. The second-order valence-electron chi connectivity index (χ2n) is 5.27. The molecule has 4 heteroatoms. The van der Waals surface area contributed by atoms with Gasteiger partial charge in [-0.25, -0.2) is 0 Å². The van der Waals surface area contributed by atoms with E-state index in [9.17, 15) is 10.3 Å². The summed E-state index contributed by atoms with van der Waals surface area (Å²) >= 11 is 0. The van der Waals surface area contributed by atoms with E-state index in [4.69, 9.17) is 0 Å². The molecule has 1 aliphatic rings. The van der Waals surface area contributed by atoms with Crippen LogP contribution in [0.25, 0.3) is 5.53 Å². The van der Waals surface area contributed by atoms with Gasteiger partial charge in [-0.1, -0.05) is 48.5 Å². The molecular weight excluding hydrogens is 274 g/mol. The van der Waals surface area contributed by atoms with Gasteiger partial charge in [0.05, 0.1) is 12.1 Å². The SMILES string of the molecule is [N-]=[N+]=C1CC(=Nc2ccccc2)CC(=O)C1c1ccccc1. The van der Waals surface area contributed by atoms with Crippen LogP contribution < -0.4 is 0 Å². The molecule has 0 saturated heterocycles. The summed E-state index contributed by atoms with van der Waals surface area (Å²) in [6, 6.07) is 18.9. The van der Waals surface area contributed by atoms with Crippen molar-refractivity contribution < 1.29 is 9.58 Å². The summed E-state index contributed by atoms with van der Waals surface area (Å²) in [5, 5.41) is 0. The molecule has 0 bridgehead atoms. The molecule has 2 aromatic carbocycles. The van der Waals surface area contributed by atoms with E-state index in [0.29, 0.717) is 12.1 Å². The molecule has 1 fully saturated rings. The predicted octanol–water partition coefficient (Wildman–Crippen LogP) is 3.58. The highest BCUT2D eigenvalue weighted by molar-refractivity contribution is 6.25. The van der Waals surface area contributed by atoms with Gasteiger partial charge in [-0.15, -0.1) is 0 Å². The zero-order valence-corrected chi connectivity index (χ0v) is 12.0. The Morgan fingerprint density at radius 3 is 2.23 bits per heavy atom. The zero-order chi connectivity index (χ0) is 15.4. The Hall–Kier alpha value is -2.84. The highest BCUT2D eigenvalue weighted by atomic mass is 16.1. The highest BCUT2D eigenvalue weighted by Crippen LogP contribution is 2.27. The Morgan fingerprint density at radius 1 is 0.955 bits per heavy atom. The molecule has 0 N–H and O–H groups in total. The first-order chi connectivity index (χ1) is 10.8. The second-order valence-corrected chi connectivity index (χ2v) is 5.27. The topological polar surface area (TPSA) is 65.8 Å². The summed E-state index contributed by atoms with van der Waals surface area (Å²) in [6.07, 6.45) is 0.699. The molecule has 0 radical (unpaired) electrons. The van der Waals surface area contributed by atoms with Crippen LogP contribution >= 0.6 is 0 Å². The smallest absolute Gasteiger partial charge is 0.289 e. The van der Waals surface area contributed by atoms with Crippen LogP contribution in [0.15, 0.2) is 65.7 Å². The molecule has 2 aromatic rings. The van der Waals surface area contributed by atoms with Gasteiger partial charge < -0.3 is 5.53 Å². The monoisotopic (exact) mass is 289 g/mol. The first-order valence-corrected chi connectivity index (χ1v) is 7.18. The van der Waals surface area contributed by atoms with Crippen LogP contribution in [0.2, 0.25) is 0 Å². The third-order valence-electron chi connectivity index (χ3n) is 3.72. The van der Waals surface area contributed by atoms with E-state index in [1.807, 2.05) is 60.7 Å². The fourth-order valence-electron chi connectivity index (χ4n) is 2.74. The van der Waals surface area contributed by atoms with E-state index in [-0.39, 0.29) is 12.2 Å². The Morgan fingerprint density at radius 2 is 1.59 bits per heavy atom. The largest absolute Gasteiger partial charge is 0.362 e. The molecule has 1 unspecified atom stereocenters. The minimum atomic E-state index is -0.471. The molecule has 1 aliphatic carbocycles. The molecule has 22 heavy (non-hydrogen) atoms. The Labute approximate surface area is 128 Å². The number of rotatable bonds is 2. The fraction of sp³-hybridized carbons (Fsp3) is 0.167. The normalized spacial score (nSPS) is 20.0. The summed E-state index contributed by atoms with van der Waals surface area (Å²) in [6.45, 7) is 0. The third-order valence-corrected chi connectivity index (χ3v) is 3.72. The molecule has 0 aliphatic heterocycles. The molecule has 1 atom stereocenters. The van der Waals surface area contributed by atoms with Crippen LogP contribution in [0.3, 0.4) is 0 Å².